The van der Waals surface area contributed by atoms with Crippen LogP contribution in [0.2, 0.25) is 0 Å². The Hall–Kier alpha value is -3.61. The highest BCUT2D eigenvalue weighted by Gasteiger charge is 2.08. The third kappa shape index (κ3) is 6.21. The average Bonchev–Trinajstić information content (AvgIpc) is 3.27. The maximum Gasteiger partial charge on any atom is 0.291 e. The Morgan fingerprint density at radius 2 is 1.72 bits per heavy atom. The van der Waals surface area contributed by atoms with Crippen LogP contribution in [0, 0.1) is 5.82 Å². The van der Waals surface area contributed by atoms with Crippen LogP contribution in [0.1, 0.15) is 28.6 Å². The molecule has 29 heavy (non-hydrogen) atoms. The third-order valence-corrected chi connectivity index (χ3v) is 4.09. The number of rotatable bonds is 7. The first-order valence-electron chi connectivity index (χ1n) is 9.34. The van der Waals surface area contributed by atoms with Crippen molar-refractivity contribution in [2.75, 3.05) is 11.9 Å². The van der Waals surface area contributed by atoms with E-state index in [2.05, 4.69) is 20.9 Å². The van der Waals surface area contributed by atoms with Crippen LogP contribution in [0.15, 0.2) is 76.3 Å². The molecule has 7 heteroatoms. The molecule has 3 rings (SSSR count). The molecule has 0 aliphatic carbocycles. The second-order valence-electron chi connectivity index (χ2n) is 6.30. The van der Waals surface area contributed by atoms with E-state index in [0.717, 1.165) is 17.7 Å². The molecule has 0 aliphatic heterocycles. The lowest BCUT2D eigenvalue weighted by Gasteiger charge is -2.11. The lowest BCUT2D eigenvalue weighted by molar-refractivity contribution is 0.0996. The molecule has 0 bridgehead atoms. The largest absolute Gasteiger partial charge is 0.459 e. The van der Waals surface area contributed by atoms with Crippen molar-refractivity contribution in [3.05, 3.63) is 89.6 Å². The first kappa shape index (κ1) is 20.1. The molecule has 1 amide bonds. The smallest absolute Gasteiger partial charge is 0.291 e. The van der Waals surface area contributed by atoms with Gasteiger partial charge in [0.05, 0.1) is 12.8 Å². The van der Waals surface area contributed by atoms with Crippen LogP contribution >= 0.6 is 0 Å². The number of benzene rings is 2. The number of guanidine groups is 1. The highest BCUT2D eigenvalue weighted by Crippen LogP contribution is 2.12. The first-order valence-corrected chi connectivity index (χ1v) is 9.34. The van der Waals surface area contributed by atoms with Crippen LogP contribution in [0.5, 0.6) is 0 Å². The van der Waals surface area contributed by atoms with Crippen molar-refractivity contribution < 1.29 is 13.6 Å². The third-order valence-electron chi connectivity index (χ3n) is 4.09. The van der Waals surface area contributed by atoms with Crippen molar-refractivity contribution in [2.24, 2.45) is 4.99 Å². The van der Waals surface area contributed by atoms with Gasteiger partial charge in [0.2, 0.25) is 0 Å². The SMILES string of the molecule is CCNC(=NCc1ccc(NC(=O)c2ccco2)cc1)NCc1ccc(F)cc1. The lowest BCUT2D eigenvalue weighted by atomic mass is 10.2. The van der Waals surface area contributed by atoms with Gasteiger partial charge in [0.15, 0.2) is 11.7 Å². The van der Waals surface area contributed by atoms with Crippen molar-refractivity contribution >= 4 is 17.6 Å². The standard InChI is InChI=1S/C22H23FN4O2/c1-2-24-22(25-14-16-5-9-18(23)10-6-16)26-15-17-7-11-19(12-8-17)27-21(28)20-4-3-13-29-20/h3-13H,2,14-15H2,1H3,(H,27,28)(H2,24,25,26). The maximum absolute atomic E-state index is 13.0. The molecule has 3 N–H and O–H groups in total. The molecule has 0 saturated heterocycles. The zero-order valence-electron chi connectivity index (χ0n) is 16.1. The van der Waals surface area contributed by atoms with E-state index in [1.54, 1.807) is 24.3 Å². The Morgan fingerprint density at radius 3 is 2.38 bits per heavy atom. The number of halogens is 1. The molecule has 0 spiro atoms. The van der Waals surface area contributed by atoms with E-state index in [-0.39, 0.29) is 17.5 Å². The fourth-order valence-electron chi connectivity index (χ4n) is 2.59. The Kier molecular flexibility index (Phi) is 7.00. The van der Waals surface area contributed by atoms with Crippen LogP contribution in [-0.2, 0) is 13.1 Å². The quantitative estimate of drug-likeness (QED) is 0.419. The summed E-state index contributed by atoms with van der Waals surface area (Å²) >= 11 is 0. The Balaban J connectivity index is 1.55. The summed E-state index contributed by atoms with van der Waals surface area (Å²) in [6, 6.07) is 17.1. The highest BCUT2D eigenvalue weighted by molar-refractivity contribution is 6.02. The van der Waals surface area contributed by atoms with Gasteiger partial charge in [0.25, 0.3) is 5.91 Å². The van der Waals surface area contributed by atoms with Crippen molar-refractivity contribution in [2.45, 2.75) is 20.0 Å². The number of carbonyl (C=O) groups excluding carboxylic acids is 1. The fraction of sp³-hybridized carbons (Fsp3) is 0.182. The molecule has 3 aromatic rings. The van der Waals surface area contributed by atoms with E-state index in [1.165, 1.54) is 18.4 Å². The van der Waals surface area contributed by atoms with Gasteiger partial charge in [-0.05, 0) is 54.4 Å². The number of hydrogen-bond donors (Lipinski definition) is 3. The minimum absolute atomic E-state index is 0.252. The van der Waals surface area contributed by atoms with Gasteiger partial charge in [0.1, 0.15) is 5.82 Å². The average molecular weight is 394 g/mol. The topological polar surface area (TPSA) is 78.7 Å². The summed E-state index contributed by atoms with van der Waals surface area (Å²) in [5, 5.41) is 9.19. The second-order valence-corrected chi connectivity index (χ2v) is 6.30. The number of aliphatic imine (C=N–C) groups is 1. The van der Waals surface area contributed by atoms with Crippen LogP contribution in [0.4, 0.5) is 10.1 Å². The second kappa shape index (κ2) is 10.1. The summed E-state index contributed by atoms with van der Waals surface area (Å²) in [6.07, 6.45) is 1.46. The predicted octanol–water partition coefficient (Wildman–Crippen LogP) is 3.93. The molecule has 0 aliphatic rings. The van der Waals surface area contributed by atoms with Gasteiger partial charge in [-0.2, -0.15) is 0 Å². The van der Waals surface area contributed by atoms with Crippen LogP contribution in [-0.4, -0.2) is 18.4 Å². The normalized spacial score (nSPS) is 11.2. The fourth-order valence-corrected chi connectivity index (χ4v) is 2.59. The van der Waals surface area contributed by atoms with Crippen LogP contribution < -0.4 is 16.0 Å². The van der Waals surface area contributed by atoms with E-state index in [0.29, 0.717) is 24.7 Å². The lowest BCUT2D eigenvalue weighted by Crippen LogP contribution is -2.36. The molecule has 6 nitrogen and oxygen atoms in total. The van der Waals surface area contributed by atoms with Crippen molar-refractivity contribution in [1.29, 1.82) is 0 Å². The first-order chi connectivity index (χ1) is 14.1. The molecule has 0 radical (unpaired) electrons. The molecular formula is C22H23FN4O2. The summed E-state index contributed by atoms with van der Waals surface area (Å²) in [4.78, 5) is 16.6. The van der Waals surface area contributed by atoms with Crippen LogP contribution in [0.3, 0.4) is 0 Å². The molecule has 150 valence electrons. The number of carbonyl (C=O) groups is 1. The van der Waals surface area contributed by atoms with E-state index < -0.39 is 0 Å². The minimum Gasteiger partial charge on any atom is -0.459 e. The Labute approximate surface area is 168 Å². The summed E-state index contributed by atoms with van der Waals surface area (Å²) in [6.45, 7) is 3.74. The van der Waals surface area contributed by atoms with Crippen LogP contribution in [0.25, 0.3) is 0 Å². The minimum atomic E-state index is -0.291. The van der Waals surface area contributed by atoms with E-state index >= 15 is 0 Å². The van der Waals surface area contributed by atoms with Gasteiger partial charge >= 0.3 is 0 Å². The zero-order valence-corrected chi connectivity index (χ0v) is 16.1. The Morgan fingerprint density at radius 1 is 1.00 bits per heavy atom. The molecule has 0 fully saturated rings. The Bertz CT molecular complexity index is 936. The van der Waals surface area contributed by atoms with E-state index in [4.69, 9.17) is 4.42 Å². The van der Waals surface area contributed by atoms with Gasteiger partial charge < -0.3 is 20.4 Å². The predicted molar refractivity (Wildman–Crippen MR) is 111 cm³/mol. The molecule has 0 unspecified atom stereocenters. The van der Waals surface area contributed by atoms with E-state index in [1.807, 2.05) is 31.2 Å². The van der Waals surface area contributed by atoms with Crippen molar-refractivity contribution in [1.82, 2.24) is 10.6 Å². The molecule has 0 atom stereocenters. The monoisotopic (exact) mass is 394 g/mol. The molecule has 1 heterocycles. The summed E-state index contributed by atoms with van der Waals surface area (Å²) < 4.78 is 18.1. The van der Waals surface area contributed by atoms with Crippen molar-refractivity contribution in [3.63, 3.8) is 0 Å². The number of anilines is 1. The number of amides is 1. The maximum atomic E-state index is 13.0. The summed E-state index contributed by atoms with van der Waals surface area (Å²) in [7, 11) is 0. The zero-order chi connectivity index (χ0) is 20.5. The molecule has 2 aromatic carbocycles. The number of nitrogens with one attached hydrogen (secondary N) is 3. The molecule has 0 saturated carbocycles. The van der Waals surface area contributed by atoms with Gasteiger partial charge in [-0.15, -0.1) is 0 Å². The van der Waals surface area contributed by atoms with Gasteiger partial charge in [-0.25, -0.2) is 9.38 Å². The summed E-state index contributed by atoms with van der Waals surface area (Å²) in [5.41, 5.74) is 2.65. The van der Waals surface area contributed by atoms with Crippen molar-refractivity contribution in [3.8, 4) is 0 Å². The number of nitrogens with zero attached hydrogens (tertiary/aromatic N) is 1. The van der Waals surface area contributed by atoms with E-state index in [9.17, 15) is 9.18 Å². The summed E-state index contributed by atoms with van der Waals surface area (Å²) in [5.74, 6) is 0.395. The number of furan rings is 1. The highest BCUT2D eigenvalue weighted by atomic mass is 19.1. The molecule has 1 aromatic heterocycles. The molecular weight excluding hydrogens is 371 g/mol. The van der Waals surface area contributed by atoms with Gasteiger partial charge in [-0.3, -0.25) is 4.79 Å². The number of hydrogen-bond acceptors (Lipinski definition) is 3. The van der Waals surface area contributed by atoms with Gasteiger partial charge in [-0.1, -0.05) is 24.3 Å². The van der Waals surface area contributed by atoms with Gasteiger partial charge in [0, 0.05) is 18.8 Å².